The Bertz CT molecular complexity index is 869. The van der Waals surface area contributed by atoms with Gasteiger partial charge < -0.3 is 20.0 Å². The molecule has 33 heavy (non-hydrogen) atoms. The number of rotatable bonds is 3. The second kappa shape index (κ2) is 10.9. The number of hydrogen-bond acceptors (Lipinski definition) is 5. The van der Waals surface area contributed by atoms with Crippen molar-refractivity contribution >= 4 is 6.21 Å². The molecule has 4 aliphatic heterocycles. The highest BCUT2D eigenvalue weighted by molar-refractivity contribution is 5.58. The third-order valence-corrected chi connectivity index (χ3v) is 8.04. The van der Waals surface area contributed by atoms with Gasteiger partial charge in [0, 0.05) is 75.7 Å². The fraction of sp³-hybridized carbons (Fsp3) is 0.607. The second-order valence-electron chi connectivity index (χ2n) is 10.4. The molecule has 178 valence electrons. The van der Waals surface area contributed by atoms with E-state index in [1.54, 1.807) is 5.57 Å². The number of fused-ring (bicyclic) bond motifs is 3. The Morgan fingerprint density at radius 1 is 1.12 bits per heavy atom. The molecule has 1 aliphatic carbocycles. The van der Waals surface area contributed by atoms with E-state index in [-0.39, 0.29) is 0 Å². The summed E-state index contributed by atoms with van der Waals surface area (Å²) < 4.78 is 0. The van der Waals surface area contributed by atoms with Crippen molar-refractivity contribution in [2.75, 3.05) is 52.9 Å². The van der Waals surface area contributed by atoms with E-state index in [1.165, 1.54) is 49.2 Å². The van der Waals surface area contributed by atoms with Gasteiger partial charge in [-0.1, -0.05) is 18.2 Å². The monoisotopic (exact) mass is 447 g/mol. The fourth-order valence-corrected chi connectivity index (χ4v) is 5.99. The van der Waals surface area contributed by atoms with Crippen LogP contribution >= 0.6 is 0 Å². The van der Waals surface area contributed by atoms with Crippen LogP contribution in [0.25, 0.3) is 0 Å². The first kappa shape index (κ1) is 22.7. The normalized spacial score (nSPS) is 31.8. The van der Waals surface area contributed by atoms with Crippen molar-refractivity contribution in [2.45, 2.75) is 51.0 Å². The van der Waals surface area contributed by atoms with Gasteiger partial charge in [-0.3, -0.25) is 4.99 Å². The molecule has 1 N–H and O–H groups in total. The Morgan fingerprint density at radius 2 is 2.03 bits per heavy atom. The Hall–Kier alpha value is -2.11. The number of nitrogens with one attached hydrogen (secondary N) is 1. The van der Waals surface area contributed by atoms with E-state index in [9.17, 15) is 0 Å². The topological polar surface area (TPSA) is 34.1 Å². The molecule has 5 rings (SSSR count). The van der Waals surface area contributed by atoms with Crippen LogP contribution in [0.3, 0.4) is 0 Å². The predicted molar refractivity (Wildman–Crippen MR) is 138 cm³/mol. The van der Waals surface area contributed by atoms with Crippen LogP contribution in [0.4, 0.5) is 0 Å². The fourth-order valence-electron chi connectivity index (χ4n) is 5.99. The van der Waals surface area contributed by atoms with Crippen LogP contribution in [0.2, 0.25) is 0 Å². The Kier molecular flexibility index (Phi) is 7.47. The molecule has 2 unspecified atom stereocenters. The summed E-state index contributed by atoms with van der Waals surface area (Å²) in [5.74, 6) is 0.792. The van der Waals surface area contributed by atoms with Gasteiger partial charge in [0.1, 0.15) is 0 Å². The summed E-state index contributed by atoms with van der Waals surface area (Å²) in [5.41, 5.74) is 6.12. The first-order valence-corrected chi connectivity index (χ1v) is 13.1. The number of likely N-dealkylation sites (tertiary alicyclic amines) is 1. The van der Waals surface area contributed by atoms with Crippen molar-refractivity contribution in [3.8, 4) is 0 Å². The smallest absolute Gasteiger partial charge is 0.0366 e. The number of nitrogens with zero attached hydrogens (tertiary/aromatic N) is 4. The summed E-state index contributed by atoms with van der Waals surface area (Å²) in [6, 6.07) is 0.500. The lowest BCUT2D eigenvalue weighted by atomic mass is 9.90. The summed E-state index contributed by atoms with van der Waals surface area (Å²) in [4.78, 5) is 12.2. The van der Waals surface area contributed by atoms with E-state index < -0.39 is 0 Å². The first-order chi connectivity index (χ1) is 16.3. The number of hydrogen-bond donors (Lipinski definition) is 1. The van der Waals surface area contributed by atoms with Crippen LogP contribution in [-0.4, -0.2) is 79.8 Å². The van der Waals surface area contributed by atoms with E-state index in [1.807, 2.05) is 6.20 Å². The largest absolute Gasteiger partial charge is 0.373 e. The minimum Gasteiger partial charge on any atom is -0.373 e. The van der Waals surface area contributed by atoms with Crippen LogP contribution in [0.5, 0.6) is 0 Å². The van der Waals surface area contributed by atoms with Crippen molar-refractivity contribution in [3.05, 3.63) is 59.1 Å². The molecule has 4 heterocycles. The summed E-state index contributed by atoms with van der Waals surface area (Å²) in [6.45, 7) is 7.89. The lowest BCUT2D eigenvalue weighted by Gasteiger charge is -2.40. The molecule has 5 aliphatic rings. The van der Waals surface area contributed by atoms with Gasteiger partial charge in [-0.05, 0) is 81.2 Å². The minimum absolute atomic E-state index is 0.500. The molecule has 0 aromatic heterocycles. The number of piperazine rings is 1. The lowest BCUT2D eigenvalue weighted by molar-refractivity contribution is 0.186. The van der Waals surface area contributed by atoms with Gasteiger partial charge in [0.25, 0.3) is 0 Å². The Labute approximate surface area is 200 Å². The van der Waals surface area contributed by atoms with E-state index in [2.05, 4.69) is 68.7 Å². The van der Waals surface area contributed by atoms with Gasteiger partial charge in [0.05, 0.1) is 0 Å². The van der Waals surface area contributed by atoms with Gasteiger partial charge in [-0.25, -0.2) is 0 Å². The van der Waals surface area contributed by atoms with E-state index in [4.69, 9.17) is 0 Å². The van der Waals surface area contributed by atoms with Crippen LogP contribution in [0, 0.1) is 5.92 Å². The van der Waals surface area contributed by atoms with E-state index >= 15 is 0 Å². The highest BCUT2D eigenvalue weighted by Crippen LogP contribution is 2.32. The SMILES string of the molecule is CN1CCN(C2=CCC=CC3=C2CC(CN2CCCC4CC=N/C=C\C=C/2CC4)NC3)CC1. The maximum absolute atomic E-state index is 4.47. The van der Waals surface area contributed by atoms with Gasteiger partial charge >= 0.3 is 0 Å². The van der Waals surface area contributed by atoms with E-state index in [0.29, 0.717) is 6.04 Å². The standard InChI is InChI=1S/C28H41N5/c1-31-16-18-32(19-17-31)28-9-3-2-7-24-21-30-25(20-27(24)28)22-33-15-5-6-23-10-11-26(33)8-4-13-29-14-12-23/h2,4,7-9,13-14,23,25,30H,3,5-6,10-12,15-22H2,1H3/b13-4-,26-8-,29-14?. The van der Waals surface area contributed by atoms with Crippen LogP contribution in [0.1, 0.15) is 44.9 Å². The molecule has 2 fully saturated rings. The number of aliphatic imine (C=N–C) groups is 1. The van der Waals surface area contributed by atoms with Crippen molar-refractivity contribution in [1.29, 1.82) is 0 Å². The van der Waals surface area contributed by atoms with Gasteiger partial charge in [0.15, 0.2) is 0 Å². The molecule has 0 radical (unpaired) electrons. The Morgan fingerprint density at radius 3 is 2.94 bits per heavy atom. The molecular formula is C28H41N5. The van der Waals surface area contributed by atoms with Gasteiger partial charge in [-0.15, -0.1) is 0 Å². The zero-order chi connectivity index (χ0) is 22.5. The summed E-state index contributed by atoms with van der Waals surface area (Å²) in [6.07, 6.45) is 24.1. The summed E-state index contributed by atoms with van der Waals surface area (Å²) in [5, 5.41) is 3.89. The van der Waals surface area contributed by atoms with E-state index in [0.717, 1.165) is 64.4 Å². The maximum atomic E-state index is 4.47. The predicted octanol–water partition coefficient (Wildman–Crippen LogP) is 4.10. The molecule has 0 aromatic carbocycles. The first-order valence-electron chi connectivity index (χ1n) is 13.1. The molecule has 0 saturated carbocycles. The molecular weight excluding hydrogens is 406 g/mol. The molecule has 0 aromatic rings. The number of likely N-dealkylation sites (N-methyl/N-ethyl adjacent to an activating group) is 1. The quantitative estimate of drug-likeness (QED) is 0.706. The molecule has 2 atom stereocenters. The van der Waals surface area contributed by atoms with Gasteiger partial charge in [-0.2, -0.15) is 0 Å². The molecule has 2 bridgehead atoms. The zero-order valence-electron chi connectivity index (χ0n) is 20.4. The third-order valence-electron chi connectivity index (χ3n) is 8.04. The molecule has 0 amide bonds. The van der Waals surface area contributed by atoms with Crippen molar-refractivity contribution in [3.63, 3.8) is 0 Å². The average Bonchev–Trinajstić information content (AvgIpc) is 3.03. The van der Waals surface area contributed by atoms with Crippen LogP contribution < -0.4 is 5.32 Å². The third kappa shape index (κ3) is 5.70. The molecule has 5 nitrogen and oxygen atoms in total. The maximum Gasteiger partial charge on any atom is 0.0366 e. The van der Waals surface area contributed by atoms with Crippen LogP contribution in [0.15, 0.2) is 64.1 Å². The minimum atomic E-state index is 0.500. The highest BCUT2D eigenvalue weighted by Gasteiger charge is 2.28. The molecule has 2 saturated heterocycles. The average molecular weight is 448 g/mol. The summed E-state index contributed by atoms with van der Waals surface area (Å²) in [7, 11) is 2.24. The van der Waals surface area contributed by atoms with Crippen molar-refractivity contribution < 1.29 is 0 Å². The van der Waals surface area contributed by atoms with Crippen LogP contribution in [-0.2, 0) is 0 Å². The highest BCUT2D eigenvalue weighted by atomic mass is 15.3. The Balaban J connectivity index is 1.31. The van der Waals surface area contributed by atoms with Crippen molar-refractivity contribution in [1.82, 2.24) is 20.0 Å². The summed E-state index contributed by atoms with van der Waals surface area (Å²) >= 11 is 0. The molecule has 5 heteroatoms. The second-order valence-corrected chi connectivity index (χ2v) is 10.4. The zero-order valence-corrected chi connectivity index (χ0v) is 20.4. The van der Waals surface area contributed by atoms with Gasteiger partial charge in [0.2, 0.25) is 0 Å². The lowest BCUT2D eigenvalue weighted by Crippen LogP contribution is -2.47. The van der Waals surface area contributed by atoms with Crippen molar-refractivity contribution in [2.24, 2.45) is 10.9 Å². The molecule has 0 spiro atoms. The number of allylic oxidation sites excluding steroid dienone is 6.